The second kappa shape index (κ2) is 8.67. The Balaban J connectivity index is 1.97. The maximum absolute atomic E-state index is 3.51. The predicted molar refractivity (Wildman–Crippen MR) is 77.8 cm³/mol. The summed E-state index contributed by atoms with van der Waals surface area (Å²) in [4.78, 5) is 2.95. The first-order valence-electron chi connectivity index (χ1n) is 6.74. The van der Waals surface area contributed by atoms with Crippen molar-refractivity contribution < 1.29 is 0 Å². The van der Waals surface area contributed by atoms with Crippen LogP contribution in [0.1, 0.15) is 43.4 Å². The Labute approximate surface area is 110 Å². The summed E-state index contributed by atoms with van der Waals surface area (Å²) in [6, 6.07) is 5.10. The lowest BCUT2D eigenvalue weighted by Gasteiger charge is -2.07. The van der Waals surface area contributed by atoms with Crippen LogP contribution in [0.3, 0.4) is 0 Å². The summed E-state index contributed by atoms with van der Waals surface area (Å²) < 4.78 is 0. The molecule has 0 fully saturated rings. The van der Waals surface area contributed by atoms with Crippen molar-refractivity contribution in [3.63, 3.8) is 0 Å². The SMILES string of the molecule is CCc1ccc(CNCCCCNC(C)C)s1. The lowest BCUT2D eigenvalue weighted by molar-refractivity contribution is 0.542. The number of hydrogen-bond donors (Lipinski definition) is 2. The summed E-state index contributed by atoms with van der Waals surface area (Å²) >= 11 is 1.93. The van der Waals surface area contributed by atoms with Crippen LogP contribution in [0, 0.1) is 0 Å². The second-order valence-corrected chi connectivity index (χ2v) is 5.97. The average Bonchev–Trinajstić information content (AvgIpc) is 2.75. The van der Waals surface area contributed by atoms with Gasteiger partial charge in [0.2, 0.25) is 0 Å². The molecule has 0 atom stereocenters. The molecular weight excluding hydrogens is 228 g/mol. The highest BCUT2D eigenvalue weighted by molar-refractivity contribution is 7.11. The van der Waals surface area contributed by atoms with Gasteiger partial charge in [0.25, 0.3) is 0 Å². The van der Waals surface area contributed by atoms with Gasteiger partial charge < -0.3 is 10.6 Å². The fourth-order valence-electron chi connectivity index (χ4n) is 1.68. The fourth-order valence-corrected chi connectivity index (χ4v) is 2.61. The van der Waals surface area contributed by atoms with Crippen molar-refractivity contribution >= 4 is 11.3 Å². The van der Waals surface area contributed by atoms with Crippen LogP contribution in [0.2, 0.25) is 0 Å². The molecule has 0 spiro atoms. The second-order valence-electron chi connectivity index (χ2n) is 4.71. The van der Waals surface area contributed by atoms with Crippen molar-refractivity contribution in [2.75, 3.05) is 13.1 Å². The lowest BCUT2D eigenvalue weighted by atomic mass is 10.3. The van der Waals surface area contributed by atoms with Crippen molar-refractivity contribution in [2.45, 2.75) is 52.6 Å². The summed E-state index contributed by atoms with van der Waals surface area (Å²) in [5.41, 5.74) is 0. The van der Waals surface area contributed by atoms with E-state index >= 15 is 0 Å². The molecule has 2 N–H and O–H groups in total. The van der Waals surface area contributed by atoms with Crippen LogP contribution in [0.5, 0.6) is 0 Å². The van der Waals surface area contributed by atoms with Gasteiger partial charge in [-0.1, -0.05) is 20.8 Å². The molecule has 0 saturated heterocycles. The third kappa shape index (κ3) is 6.81. The van der Waals surface area contributed by atoms with Gasteiger partial charge in [0.05, 0.1) is 0 Å². The molecule has 0 bridgehead atoms. The molecule has 0 saturated carbocycles. The zero-order valence-corrected chi connectivity index (χ0v) is 12.2. The molecule has 0 aliphatic carbocycles. The Kier molecular flexibility index (Phi) is 7.49. The molecule has 0 amide bonds. The van der Waals surface area contributed by atoms with E-state index < -0.39 is 0 Å². The van der Waals surface area contributed by atoms with Gasteiger partial charge >= 0.3 is 0 Å². The highest BCUT2D eigenvalue weighted by Crippen LogP contribution is 2.16. The van der Waals surface area contributed by atoms with Gasteiger partial charge in [0.1, 0.15) is 0 Å². The van der Waals surface area contributed by atoms with Gasteiger partial charge in [-0.05, 0) is 44.5 Å². The van der Waals surface area contributed by atoms with E-state index in [1.54, 1.807) is 0 Å². The number of thiophene rings is 1. The highest BCUT2D eigenvalue weighted by atomic mass is 32.1. The van der Waals surface area contributed by atoms with Crippen molar-refractivity contribution in [1.82, 2.24) is 10.6 Å². The number of aryl methyl sites for hydroxylation is 1. The molecule has 1 heterocycles. The molecule has 17 heavy (non-hydrogen) atoms. The third-order valence-corrected chi connectivity index (χ3v) is 3.93. The first-order valence-corrected chi connectivity index (χ1v) is 7.55. The molecule has 1 rings (SSSR count). The Hall–Kier alpha value is -0.380. The van der Waals surface area contributed by atoms with E-state index in [1.165, 1.54) is 22.6 Å². The fraction of sp³-hybridized carbons (Fsp3) is 0.714. The van der Waals surface area contributed by atoms with Gasteiger partial charge in [-0.3, -0.25) is 0 Å². The topological polar surface area (TPSA) is 24.1 Å². The van der Waals surface area contributed by atoms with Crippen molar-refractivity contribution in [1.29, 1.82) is 0 Å². The van der Waals surface area contributed by atoms with E-state index in [1.807, 2.05) is 11.3 Å². The lowest BCUT2D eigenvalue weighted by Crippen LogP contribution is -2.24. The number of unbranched alkanes of at least 4 members (excludes halogenated alkanes) is 1. The predicted octanol–water partition coefficient (Wildman–Crippen LogP) is 3.18. The molecule has 98 valence electrons. The number of nitrogens with one attached hydrogen (secondary N) is 2. The first-order chi connectivity index (χ1) is 8.22. The van der Waals surface area contributed by atoms with Gasteiger partial charge in [0, 0.05) is 22.3 Å². The molecule has 1 aromatic heterocycles. The number of hydrogen-bond acceptors (Lipinski definition) is 3. The van der Waals surface area contributed by atoms with Crippen molar-refractivity contribution in [2.24, 2.45) is 0 Å². The largest absolute Gasteiger partial charge is 0.315 e. The van der Waals surface area contributed by atoms with Crippen LogP contribution in [0.15, 0.2) is 12.1 Å². The molecule has 2 nitrogen and oxygen atoms in total. The van der Waals surface area contributed by atoms with Crippen LogP contribution in [-0.4, -0.2) is 19.1 Å². The molecular formula is C14H26N2S. The number of rotatable bonds is 9. The standard InChI is InChI=1S/C14H26N2S/c1-4-13-7-8-14(17-13)11-15-9-5-6-10-16-12(2)3/h7-8,12,15-16H,4-6,9-11H2,1-3H3. The van der Waals surface area contributed by atoms with E-state index in [9.17, 15) is 0 Å². The van der Waals surface area contributed by atoms with Crippen LogP contribution >= 0.6 is 11.3 Å². The van der Waals surface area contributed by atoms with E-state index in [4.69, 9.17) is 0 Å². The average molecular weight is 254 g/mol. The van der Waals surface area contributed by atoms with Crippen molar-refractivity contribution in [3.8, 4) is 0 Å². The molecule has 0 aliphatic rings. The molecule has 0 unspecified atom stereocenters. The van der Waals surface area contributed by atoms with Crippen LogP contribution in [0.25, 0.3) is 0 Å². The highest BCUT2D eigenvalue weighted by Gasteiger charge is 1.98. The zero-order valence-electron chi connectivity index (χ0n) is 11.4. The van der Waals surface area contributed by atoms with Crippen molar-refractivity contribution in [3.05, 3.63) is 21.9 Å². The van der Waals surface area contributed by atoms with Crippen LogP contribution in [0.4, 0.5) is 0 Å². The monoisotopic (exact) mass is 254 g/mol. The Morgan fingerprint density at radius 2 is 1.82 bits per heavy atom. The molecule has 0 radical (unpaired) electrons. The van der Waals surface area contributed by atoms with Crippen LogP contribution < -0.4 is 10.6 Å². The first kappa shape index (κ1) is 14.7. The minimum atomic E-state index is 0.613. The van der Waals surface area contributed by atoms with E-state index in [0.717, 1.165) is 26.1 Å². The quantitative estimate of drug-likeness (QED) is 0.661. The van der Waals surface area contributed by atoms with E-state index in [0.29, 0.717) is 6.04 Å². The van der Waals surface area contributed by atoms with Gasteiger partial charge in [-0.2, -0.15) is 0 Å². The van der Waals surface area contributed by atoms with Gasteiger partial charge in [-0.25, -0.2) is 0 Å². The maximum Gasteiger partial charge on any atom is 0.0299 e. The van der Waals surface area contributed by atoms with E-state index in [-0.39, 0.29) is 0 Å². The van der Waals surface area contributed by atoms with Gasteiger partial charge in [-0.15, -0.1) is 11.3 Å². The Morgan fingerprint density at radius 3 is 2.47 bits per heavy atom. The molecule has 0 aromatic carbocycles. The van der Waals surface area contributed by atoms with Crippen LogP contribution in [-0.2, 0) is 13.0 Å². The van der Waals surface area contributed by atoms with Gasteiger partial charge in [0.15, 0.2) is 0 Å². The summed E-state index contributed by atoms with van der Waals surface area (Å²) in [6.45, 7) is 9.89. The molecule has 1 aromatic rings. The summed E-state index contributed by atoms with van der Waals surface area (Å²) in [7, 11) is 0. The minimum absolute atomic E-state index is 0.613. The molecule has 0 aliphatic heterocycles. The summed E-state index contributed by atoms with van der Waals surface area (Å²) in [5.74, 6) is 0. The molecule has 3 heteroatoms. The maximum atomic E-state index is 3.51. The smallest absolute Gasteiger partial charge is 0.0299 e. The third-order valence-electron chi connectivity index (χ3n) is 2.70. The summed E-state index contributed by atoms with van der Waals surface area (Å²) in [5, 5.41) is 6.95. The normalized spacial score (nSPS) is 11.3. The Bertz CT molecular complexity index is 294. The Morgan fingerprint density at radius 1 is 1.12 bits per heavy atom. The minimum Gasteiger partial charge on any atom is -0.315 e. The summed E-state index contributed by atoms with van der Waals surface area (Å²) in [6.07, 6.45) is 3.67. The van der Waals surface area contributed by atoms with E-state index in [2.05, 4.69) is 43.5 Å². The zero-order chi connectivity index (χ0) is 12.5.